The zero-order chi connectivity index (χ0) is 13.3. The van der Waals surface area contributed by atoms with E-state index in [1.54, 1.807) is 12.1 Å². The average molecular weight is 323 g/mol. The van der Waals surface area contributed by atoms with Crippen LogP contribution in [0.5, 0.6) is 11.5 Å². The van der Waals surface area contributed by atoms with Crippen LogP contribution >= 0.6 is 35.3 Å². The Kier molecular flexibility index (Phi) is 5.11. The van der Waals surface area contributed by atoms with Crippen molar-refractivity contribution in [2.45, 2.75) is 0 Å². The fourth-order valence-corrected chi connectivity index (χ4v) is 2.99. The van der Waals surface area contributed by atoms with Crippen molar-refractivity contribution in [2.24, 2.45) is 10.9 Å². The molecule has 0 fully saturated rings. The second-order valence-electron chi connectivity index (χ2n) is 3.43. The molecule has 0 unspecified atom stereocenters. The Bertz CT molecular complexity index is 628. The van der Waals surface area contributed by atoms with E-state index in [0.29, 0.717) is 21.4 Å². The second-order valence-corrected chi connectivity index (χ2v) is 4.90. The smallest absolute Gasteiger partial charge is 0.180 e. The highest BCUT2D eigenvalue weighted by atomic mass is 35.5. The number of fused-ring (bicyclic) bond motifs is 1. The highest BCUT2D eigenvalue weighted by Crippen LogP contribution is 2.43. The predicted octanol–water partition coefficient (Wildman–Crippen LogP) is 3.09. The van der Waals surface area contributed by atoms with Gasteiger partial charge < -0.3 is 20.4 Å². The lowest BCUT2D eigenvalue weighted by Gasteiger charge is -2.09. The van der Waals surface area contributed by atoms with Gasteiger partial charge in [0, 0.05) is 16.2 Å². The van der Waals surface area contributed by atoms with Crippen LogP contribution in [0.25, 0.3) is 10.1 Å². The molecule has 104 valence electrons. The molecular formula is C11H12Cl2N2O3S. The van der Waals surface area contributed by atoms with E-state index in [2.05, 4.69) is 5.16 Å². The van der Waals surface area contributed by atoms with E-state index < -0.39 is 0 Å². The van der Waals surface area contributed by atoms with Gasteiger partial charge in [-0.25, -0.2) is 0 Å². The Morgan fingerprint density at radius 1 is 1.37 bits per heavy atom. The molecule has 0 aliphatic heterocycles. The van der Waals surface area contributed by atoms with Gasteiger partial charge in [0.2, 0.25) is 0 Å². The summed E-state index contributed by atoms with van der Waals surface area (Å²) in [5.74, 6) is 1.06. The van der Waals surface area contributed by atoms with Crippen LogP contribution < -0.4 is 15.2 Å². The third-order valence-corrected chi connectivity index (χ3v) is 3.95. The van der Waals surface area contributed by atoms with Crippen molar-refractivity contribution < 1.29 is 14.7 Å². The lowest BCUT2D eigenvalue weighted by Crippen LogP contribution is -2.10. The molecule has 0 amide bonds. The average Bonchev–Trinajstić information content (AvgIpc) is 2.81. The van der Waals surface area contributed by atoms with Gasteiger partial charge in [-0.3, -0.25) is 0 Å². The van der Waals surface area contributed by atoms with E-state index >= 15 is 0 Å². The van der Waals surface area contributed by atoms with Gasteiger partial charge in [-0.1, -0.05) is 16.8 Å². The number of amidine groups is 1. The topological polar surface area (TPSA) is 77.1 Å². The van der Waals surface area contributed by atoms with Crippen molar-refractivity contribution in [2.75, 3.05) is 14.2 Å². The quantitative estimate of drug-likeness (QED) is 0.394. The number of hydrogen-bond acceptors (Lipinski definition) is 5. The van der Waals surface area contributed by atoms with Crippen LogP contribution in [-0.4, -0.2) is 25.3 Å². The fraction of sp³-hybridized carbons (Fsp3) is 0.182. The number of nitrogens with zero attached hydrogens (tertiary/aromatic N) is 1. The van der Waals surface area contributed by atoms with Crippen molar-refractivity contribution in [3.05, 3.63) is 22.0 Å². The molecule has 19 heavy (non-hydrogen) atoms. The second kappa shape index (κ2) is 6.18. The summed E-state index contributed by atoms with van der Waals surface area (Å²) in [5, 5.41) is 12.9. The molecule has 0 saturated carbocycles. The molecule has 2 rings (SSSR count). The number of nitrogens with two attached hydrogens (primary N) is 1. The van der Waals surface area contributed by atoms with Crippen molar-refractivity contribution in [3.63, 3.8) is 0 Å². The van der Waals surface area contributed by atoms with E-state index in [1.807, 2.05) is 0 Å². The Hall–Kier alpha value is -1.37. The SMILES string of the molecule is COc1cc2sc(/C(N)=N\O)cc2c(Cl)c1OC.Cl. The molecule has 0 bridgehead atoms. The number of thiophene rings is 1. The van der Waals surface area contributed by atoms with E-state index in [0.717, 1.165) is 10.1 Å². The molecule has 0 saturated heterocycles. The summed E-state index contributed by atoms with van der Waals surface area (Å²) >= 11 is 7.60. The van der Waals surface area contributed by atoms with Gasteiger partial charge in [-0.15, -0.1) is 23.7 Å². The third kappa shape index (κ3) is 2.65. The largest absolute Gasteiger partial charge is 0.493 e. The predicted molar refractivity (Wildman–Crippen MR) is 79.7 cm³/mol. The van der Waals surface area contributed by atoms with Crippen LogP contribution in [0.3, 0.4) is 0 Å². The number of ether oxygens (including phenoxy) is 2. The Labute approximate surface area is 125 Å². The Balaban J connectivity index is 0.00000180. The van der Waals surface area contributed by atoms with Crippen LogP contribution in [0, 0.1) is 0 Å². The van der Waals surface area contributed by atoms with Crippen LogP contribution in [0.15, 0.2) is 17.3 Å². The molecule has 1 heterocycles. The first kappa shape index (κ1) is 15.7. The minimum absolute atomic E-state index is 0. The number of hydrogen-bond donors (Lipinski definition) is 2. The molecular weight excluding hydrogens is 311 g/mol. The van der Waals surface area contributed by atoms with Crippen LogP contribution in [0.4, 0.5) is 0 Å². The summed E-state index contributed by atoms with van der Waals surface area (Å²) in [6.45, 7) is 0. The molecule has 0 spiro atoms. The molecule has 0 aliphatic carbocycles. The zero-order valence-electron chi connectivity index (χ0n) is 10.1. The minimum Gasteiger partial charge on any atom is -0.493 e. The maximum absolute atomic E-state index is 8.67. The van der Waals surface area contributed by atoms with Crippen molar-refractivity contribution in [3.8, 4) is 11.5 Å². The van der Waals surface area contributed by atoms with Crippen molar-refractivity contribution in [1.29, 1.82) is 0 Å². The van der Waals surface area contributed by atoms with E-state index in [9.17, 15) is 0 Å². The van der Waals surface area contributed by atoms with Crippen LogP contribution in [-0.2, 0) is 0 Å². The summed E-state index contributed by atoms with van der Waals surface area (Å²) in [4.78, 5) is 0.629. The maximum atomic E-state index is 8.67. The highest BCUT2D eigenvalue weighted by Gasteiger charge is 2.16. The molecule has 0 atom stereocenters. The molecule has 1 aromatic carbocycles. The minimum atomic E-state index is 0. The van der Waals surface area contributed by atoms with Gasteiger partial charge in [-0.2, -0.15) is 0 Å². The first-order chi connectivity index (χ1) is 8.62. The number of oxime groups is 1. The molecule has 1 aromatic heterocycles. The third-order valence-electron chi connectivity index (χ3n) is 2.47. The normalized spacial score (nSPS) is 11.2. The summed E-state index contributed by atoms with van der Waals surface area (Å²) in [6.07, 6.45) is 0. The number of benzene rings is 1. The molecule has 0 radical (unpaired) electrons. The Morgan fingerprint density at radius 3 is 2.58 bits per heavy atom. The molecule has 5 nitrogen and oxygen atoms in total. The zero-order valence-corrected chi connectivity index (χ0v) is 12.5. The van der Waals surface area contributed by atoms with Gasteiger partial charge in [0.15, 0.2) is 17.3 Å². The lowest BCUT2D eigenvalue weighted by molar-refractivity contribution is 0.319. The van der Waals surface area contributed by atoms with E-state index in [1.165, 1.54) is 25.6 Å². The molecule has 2 aromatic rings. The fourth-order valence-electron chi connectivity index (χ4n) is 1.62. The van der Waals surface area contributed by atoms with E-state index in [4.69, 9.17) is 32.0 Å². The van der Waals surface area contributed by atoms with Crippen LogP contribution in [0.2, 0.25) is 5.02 Å². The molecule has 8 heteroatoms. The highest BCUT2D eigenvalue weighted by molar-refractivity contribution is 7.21. The Morgan fingerprint density at radius 2 is 2.05 bits per heavy atom. The van der Waals surface area contributed by atoms with Crippen molar-refractivity contribution >= 4 is 51.3 Å². The van der Waals surface area contributed by atoms with E-state index in [-0.39, 0.29) is 18.2 Å². The standard InChI is InChI=1S/C11H11ClN2O3S.ClH/c1-16-6-4-7-5(9(12)10(6)17-2)3-8(18-7)11(13)14-15;/h3-4,15H,1-2H3,(H2,13,14);1H. The first-order valence-electron chi connectivity index (χ1n) is 4.94. The number of halogens is 2. The summed E-state index contributed by atoms with van der Waals surface area (Å²) < 4.78 is 11.3. The number of rotatable bonds is 3. The van der Waals surface area contributed by atoms with Gasteiger partial charge >= 0.3 is 0 Å². The number of methoxy groups -OCH3 is 2. The first-order valence-corrected chi connectivity index (χ1v) is 6.13. The maximum Gasteiger partial charge on any atom is 0.180 e. The lowest BCUT2D eigenvalue weighted by atomic mass is 10.2. The summed E-state index contributed by atoms with van der Waals surface area (Å²) in [6, 6.07) is 3.55. The van der Waals surface area contributed by atoms with Gasteiger partial charge in [0.05, 0.1) is 24.1 Å². The van der Waals surface area contributed by atoms with Gasteiger partial charge in [0.1, 0.15) is 0 Å². The summed E-state index contributed by atoms with van der Waals surface area (Å²) in [5.41, 5.74) is 5.55. The molecule has 3 N–H and O–H groups in total. The molecule has 0 aliphatic rings. The monoisotopic (exact) mass is 322 g/mol. The van der Waals surface area contributed by atoms with Gasteiger partial charge in [0.25, 0.3) is 0 Å². The summed E-state index contributed by atoms with van der Waals surface area (Å²) in [7, 11) is 3.06. The van der Waals surface area contributed by atoms with Crippen molar-refractivity contribution in [1.82, 2.24) is 0 Å². The van der Waals surface area contributed by atoms with Gasteiger partial charge in [-0.05, 0) is 6.07 Å². The van der Waals surface area contributed by atoms with Crippen LogP contribution in [0.1, 0.15) is 4.88 Å².